The first-order chi connectivity index (χ1) is 12.2. The molecule has 1 aromatic rings. The van der Waals surface area contributed by atoms with Crippen LogP contribution in [0.25, 0.3) is 0 Å². The Hall–Kier alpha value is -0.860. The third kappa shape index (κ3) is 7.11. The molecule has 1 aliphatic carbocycles. The van der Waals surface area contributed by atoms with Crippen LogP contribution in [0.3, 0.4) is 0 Å². The molecule has 0 heterocycles. The zero-order valence-corrected chi connectivity index (χ0v) is 16.4. The van der Waals surface area contributed by atoms with Crippen molar-refractivity contribution in [2.75, 3.05) is 6.61 Å². The molecule has 0 spiro atoms. The van der Waals surface area contributed by atoms with Crippen molar-refractivity contribution in [2.24, 2.45) is 0 Å². The number of ether oxygens (including phenoxy) is 1. The quantitative estimate of drug-likeness (QED) is 0.461. The van der Waals surface area contributed by atoms with E-state index in [4.69, 9.17) is 4.74 Å². The lowest BCUT2D eigenvalue weighted by Crippen LogP contribution is -2.21. The van der Waals surface area contributed by atoms with Crippen LogP contribution in [0.1, 0.15) is 108 Å². The minimum Gasteiger partial charge on any atom is -0.388 e. The van der Waals surface area contributed by atoms with Crippen molar-refractivity contribution in [1.29, 1.82) is 0 Å². The molecule has 0 amide bonds. The molecule has 1 atom stereocenters. The van der Waals surface area contributed by atoms with Gasteiger partial charge in [-0.1, -0.05) is 70.2 Å². The maximum absolute atomic E-state index is 9.91. The predicted octanol–water partition coefficient (Wildman–Crippen LogP) is 6.53. The van der Waals surface area contributed by atoms with Crippen molar-refractivity contribution < 1.29 is 9.84 Å². The second kappa shape index (κ2) is 11.7. The Balaban J connectivity index is 1.62. The highest BCUT2D eigenvalue weighted by Crippen LogP contribution is 2.34. The van der Waals surface area contributed by atoms with Gasteiger partial charge in [0.25, 0.3) is 0 Å². The van der Waals surface area contributed by atoms with Crippen LogP contribution in [0.15, 0.2) is 24.3 Å². The topological polar surface area (TPSA) is 29.5 Å². The van der Waals surface area contributed by atoms with Crippen molar-refractivity contribution in [3.05, 3.63) is 35.4 Å². The molecule has 2 nitrogen and oxygen atoms in total. The first kappa shape index (κ1) is 20.5. The van der Waals surface area contributed by atoms with E-state index in [1.165, 1.54) is 69.8 Å². The molecule has 1 unspecified atom stereocenters. The number of hydrogen-bond donors (Lipinski definition) is 1. The largest absolute Gasteiger partial charge is 0.388 e. The minimum atomic E-state index is -0.319. The molecule has 0 aliphatic heterocycles. The fraction of sp³-hybridized carbons (Fsp3) is 0.739. The minimum absolute atomic E-state index is 0.319. The van der Waals surface area contributed by atoms with Crippen LogP contribution in [-0.2, 0) is 4.74 Å². The smallest absolute Gasteiger partial charge is 0.0787 e. The first-order valence-corrected chi connectivity index (χ1v) is 10.6. The third-order valence-corrected chi connectivity index (χ3v) is 5.70. The predicted molar refractivity (Wildman–Crippen MR) is 106 cm³/mol. The summed E-state index contributed by atoms with van der Waals surface area (Å²) in [5.41, 5.74) is 2.48. The monoisotopic (exact) mass is 346 g/mol. The maximum atomic E-state index is 9.91. The van der Waals surface area contributed by atoms with E-state index in [0.29, 0.717) is 12.0 Å². The number of rotatable bonds is 11. The fourth-order valence-electron chi connectivity index (χ4n) is 3.92. The summed E-state index contributed by atoms with van der Waals surface area (Å²) < 4.78 is 6.11. The van der Waals surface area contributed by atoms with Gasteiger partial charge in [0, 0.05) is 6.61 Å². The number of aliphatic hydroxyl groups excluding tert-OH is 1. The summed E-state index contributed by atoms with van der Waals surface area (Å²) in [6.45, 7) is 5.23. The van der Waals surface area contributed by atoms with E-state index < -0.39 is 0 Å². The van der Waals surface area contributed by atoms with Crippen molar-refractivity contribution in [1.82, 2.24) is 0 Å². The van der Waals surface area contributed by atoms with E-state index in [2.05, 4.69) is 31.2 Å². The molecule has 1 fully saturated rings. The van der Waals surface area contributed by atoms with Gasteiger partial charge in [0.2, 0.25) is 0 Å². The van der Waals surface area contributed by atoms with Gasteiger partial charge in [-0.15, -0.1) is 0 Å². The van der Waals surface area contributed by atoms with Gasteiger partial charge in [-0.3, -0.25) is 0 Å². The van der Waals surface area contributed by atoms with Gasteiger partial charge in [0.15, 0.2) is 0 Å². The van der Waals surface area contributed by atoms with E-state index in [-0.39, 0.29) is 6.10 Å². The molecular weight excluding hydrogens is 308 g/mol. The molecule has 0 bridgehead atoms. The molecule has 2 rings (SSSR count). The molecule has 142 valence electrons. The van der Waals surface area contributed by atoms with Crippen LogP contribution < -0.4 is 0 Å². The summed E-state index contributed by atoms with van der Waals surface area (Å²) in [7, 11) is 0. The highest BCUT2D eigenvalue weighted by Gasteiger charge is 2.22. The second-order valence-corrected chi connectivity index (χ2v) is 7.70. The van der Waals surface area contributed by atoms with Crippen LogP contribution in [0.4, 0.5) is 0 Å². The summed E-state index contributed by atoms with van der Waals surface area (Å²) in [5.74, 6) is 0.668. The highest BCUT2D eigenvalue weighted by molar-refractivity contribution is 5.27. The molecular formula is C23H38O2. The molecule has 0 aromatic heterocycles. The van der Waals surface area contributed by atoms with E-state index in [1.54, 1.807) is 0 Å². The van der Waals surface area contributed by atoms with Gasteiger partial charge >= 0.3 is 0 Å². The van der Waals surface area contributed by atoms with Gasteiger partial charge in [-0.05, 0) is 55.6 Å². The van der Waals surface area contributed by atoms with Crippen molar-refractivity contribution in [3.8, 4) is 0 Å². The zero-order chi connectivity index (χ0) is 17.9. The Morgan fingerprint density at radius 3 is 2.20 bits per heavy atom. The Labute approximate surface area is 155 Å². The summed E-state index contributed by atoms with van der Waals surface area (Å²) in [6, 6.07) is 8.64. The number of hydrogen-bond acceptors (Lipinski definition) is 2. The molecule has 1 saturated carbocycles. The van der Waals surface area contributed by atoms with E-state index in [9.17, 15) is 5.11 Å². The van der Waals surface area contributed by atoms with E-state index in [1.807, 2.05) is 6.92 Å². The third-order valence-electron chi connectivity index (χ3n) is 5.70. The van der Waals surface area contributed by atoms with Crippen LogP contribution in [0.5, 0.6) is 0 Å². The maximum Gasteiger partial charge on any atom is 0.0787 e. The molecule has 25 heavy (non-hydrogen) atoms. The van der Waals surface area contributed by atoms with E-state index in [0.717, 1.165) is 18.6 Å². The van der Waals surface area contributed by atoms with Gasteiger partial charge in [0.05, 0.1) is 12.2 Å². The van der Waals surface area contributed by atoms with Crippen molar-refractivity contribution in [2.45, 2.75) is 103 Å². The van der Waals surface area contributed by atoms with Gasteiger partial charge in [-0.25, -0.2) is 0 Å². The molecule has 0 saturated heterocycles. The average Bonchev–Trinajstić information content (AvgIpc) is 2.67. The number of aliphatic hydroxyl groups is 1. The van der Waals surface area contributed by atoms with Crippen molar-refractivity contribution in [3.63, 3.8) is 0 Å². The fourth-order valence-corrected chi connectivity index (χ4v) is 3.92. The van der Waals surface area contributed by atoms with Gasteiger partial charge in [-0.2, -0.15) is 0 Å². The first-order valence-electron chi connectivity index (χ1n) is 10.6. The normalized spacial score (nSPS) is 22.0. The zero-order valence-electron chi connectivity index (χ0n) is 16.4. The van der Waals surface area contributed by atoms with E-state index >= 15 is 0 Å². The Bertz CT molecular complexity index is 446. The lowest BCUT2D eigenvalue weighted by atomic mass is 9.82. The molecule has 1 aliphatic rings. The lowest BCUT2D eigenvalue weighted by molar-refractivity contribution is 0.0226. The van der Waals surface area contributed by atoms with Crippen LogP contribution in [0.2, 0.25) is 0 Å². The summed E-state index contributed by atoms with van der Waals surface area (Å²) in [6.07, 6.45) is 13.8. The van der Waals surface area contributed by atoms with Gasteiger partial charge < -0.3 is 9.84 Å². The Kier molecular flexibility index (Phi) is 9.57. The molecule has 0 radical (unpaired) electrons. The number of benzene rings is 1. The molecule has 1 aromatic carbocycles. The lowest BCUT2D eigenvalue weighted by Gasteiger charge is -2.29. The van der Waals surface area contributed by atoms with Crippen molar-refractivity contribution >= 4 is 0 Å². The SMILES string of the molecule is CCCCCCCCOC1CCC(c2ccc(C(O)CC)cc2)CC1. The number of unbranched alkanes of at least 4 members (excludes halogenated alkanes) is 5. The summed E-state index contributed by atoms with van der Waals surface area (Å²) >= 11 is 0. The van der Waals surface area contributed by atoms with Crippen LogP contribution >= 0.6 is 0 Å². The highest BCUT2D eigenvalue weighted by atomic mass is 16.5. The average molecular weight is 347 g/mol. The molecule has 1 N–H and O–H groups in total. The van der Waals surface area contributed by atoms with Crippen LogP contribution in [-0.4, -0.2) is 17.8 Å². The standard InChI is InChI=1S/C23H38O2/c1-3-5-6-7-8-9-18-25-22-16-14-20(15-17-22)19-10-12-21(13-11-19)23(24)4-2/h10-13,20,22-24H,3-9,14-18H2,1-2H3. The second-order valence-electron chi connectivity index (χ2n) is 7.70. The Morgan fingerprint density at radius 2 is 1.56 bits per heavy atom. The van der Waals surface area contributed by atoms with Gasteiger partial charge in [0.1, 0.15) is 0 Å². The Morgan fingerprint density at radius 1 is 0.920 bits per heavy atom. The molecule has 2 heteroatoms. The summed E-state index contributed by atoms with van der Waals surface area (Å²) in [4.78, 5) is 0. The van der Waals surface area contributed by atoms with Crippen LogP contribution in [0, 0.1) is 0 Å². The summed E-state index contributed by atoms with van der Waals surface area (Å²) in [5, 5.41) is 9.91.